The summed E-state index contributed by atoms with van der Waals surface area (Å²) in [4.78, 5) is 25.9. The Bertz CT molecular complexity index is 1360. The van der Waals surface area contributed by atoms with Crippen LogP contribution in [0, 0.1) is 24.6 Å². The van der Waals surface area contributed by atoms with Gasteiger partial charge in [-0.2, -0.15) is 0 Å². The lowest BCUT2D eigenvalue weighted by atomic mass is 9.97. The molecular weight excluding hydrogens is 453 g/mol. The van der Waals surface area contributed by atoms with Gasteiger partial charge in [-0.1, -0.05) is 18.4 Å². The molecule has 1 aromatic heterocycles. The average Bonchev–Trinajstić information content (AvgIpc) is 2.85. The summed E-state index contributed by atoms with van der Waals surface area (Å²) in [5.41, 5.74) is 3.22. The quantitative estimate of drug-likeness (QED) is 0.410. The maximum atomic E-state index is 13.7. The van der Waals surface area contributed by atoms with Crippen LogP contribution in [0.15, 0.2) is 49.3 Å². The van der Waals surface area contributed by atoms with E-state index in [1.807, 2.05) is 12.1 Å². The summed E-state index contributed by atoms with van der Waals surface area (Å²) in [6.45, 7) is 13.6. The number of aryl methyl sites for hydroxylation is 1. The van der Waals surface area contributed by atoms with E-state index in [0.29, 0.717) is 16.9 Å². The molecule has 1 N–H and O–H groups in total. The number of carbonyl (C=O) groups excluding carboxylic acids is 1. The van der Waals surface area contributed by atoms with Gasteiger partial charge in [0, 0.05) is 49.2 Å². The number of piperazine rings is 1. The SMILES string of the molecule is C=CC(=O)Cc1cc2c(Nc3ccc(F)c(C)c3)ncnc2cc1C#CC(C)(C)N1CCN(C)CC1. The summed E-state index contributed by atoms with van der Waals surface area (Å²) < 4.78 is 13.7. The number of benzene rings is 2. The molecule has 0 spiro atoms. The lowest BCUT2D eigenvalue weighted by Gasteiger charge is -2.40. The fraction of sp³-hybridized carbons (Fsp3) is 0.345. The van der Waals surface area contributed by atoms with Crippen molar-refractivity contribution >= 4 is 28.2 Å². The van der Waals surface area contributed by atoms with Gasteiger partial charge >= 0.3 is 0 Å². The van der Waals surface area contributed by atoms with Crippen LogP contribution in [0.25, 0.3) is 10.9 Å². The molecule has 6 nitrogen and oxygen atoms in total. The minimum Gasteiger partial charge on any atom is -0.340 e. The van der Waals surface area contributed by atoms with Gasteiger partial charge in [0.05, 0.1) is 11.1 Å². The molecule has 1 aliphatic rings. The second kappa shape index (κ2) is 10.6. The maximum Gasteiger partial charge on any atom is 0.159 e. The van der Waals surface area contributed by atoms with Crippen molar-refractivity contribution in [3.05, 3.63) is 71.8 Å². The van der Waals surface area contributed by atoms with Crippen molar-refractivity contribution in [3.63, 3.8) is 0 Å². The smallest absolute Gasteiger partial charge is 0.159 e. The van der Waals surface area contributed by atoms with Crippen LogP contribution in [-0.4, -0.2) is 64.3 Å². The number of nitrogens with one attached hydrogen (secondary N) is 1. The number of hydrogen-bond donors (Lipinski definition) is 1. The van der Waals surface area contributed by atoms with Gasteiger partial charge in [0.15, 0.2) is 5.78 Å². The van der Waals surface area contributed by atoms with Gasteiger partial charge in [0.25, 0.3) is 0 Å². The van der Waals surface area contributed by atoms with Crippen LogP contribution in [0.5, 0.6) is 0 Å². The molecule has 0 radical (unpaired) electrons. The number of anilines is 2. The number of aromatic nitrogens is 2. The number of hydrogen-bond acceptors (Lipinski definition) is 6. The van der Waals surface area contributed by atoms with Crippen LogP contribution in [0.4, 0.5) is 15.9 Å². The van der Waals surface area contributed by atoms with Crippen molar-refractivity contribution in [2.24, 2.45) is 0 Å². The molecule has 36 heavy (non-hydrogen) atoms. The van der Waals surface area contributed by atoms with Crippen LogP contribution >= 0.6 is 0 Å². The number of allylic oxidation sites excluding steroid dienone is 1. The third-order valence-corrected chi connectivity index (χ3v) is 6.67. The molecule has 7 heteroatoms. The molecule has 0 atom stereocenters. The normalized spacial score (nSPS) is 14.8. The maximum absolute atomic E-state index is 13.7. The molecular formula is C29H32FN5O. The summed E-state index contributed by atoms with van der Waals surface area (Å²) in [6, 6.07) is 8.65. The number of nitrogens with zero attached hydrogens (tertiary/aromatic N) is 4. The van der Waals surface area contributed by atoms with Crippen molar-refractivity contribution in [1.82, 2.24) is 19.8 Å². The topological polar surface area (TPSA) is 61.4 Å². The Morgan fingerprint density at radius 3 is 2.64 bits per heavy atom. The largest absolute Gasteiger partial charge is 0.340 e. The number of fused-ring (bicyclic) bond motifs is 1. The van der Waals surface area contributed by atoms with E-state index in [4.69, 9.17) is 0 Å². The highest BCUT2D eigenvalue weighted by molar-refractivity contribution is 5.95. The molecule has 3 aromatic rings. The van der Waals surface area contributed by atoms with Gasteiger partial charge in [0.2, 0.25) is 0 Å². The lowest BCUT2D eigenvalue weighted by molar-refractivity contribution is -0.114. The van der Waals surface area contributed by atoms with E-state index in [9.17, 15) is 9.18 Å². The molecule has 1 fully saturated rings. The summed E-state index contributed by atoms with van der Waals surface area (Å²) in [5.74, 6) is 7.03. The molecule has 186 valence electrons. The van der Waals surface area contributed by atoms with Crippen molar-refractivity contribution in [2.75, 3.05) is 38.5 Å². The summed E-state index contributed by atoms with van der Waals surface area (Å²) in [7, 11) is 2.14. The molecule has 4 rings (SSSR count). The first kappa shape index (κ1) is 25.5. The second-order valence-electron chi connectivity index (χ2n) is 9.78. The van der Waals surface area contributed by atoms with Gasteiger partial charge < -0.3 is 10.2 Å². The highest BCUT2D eigenvalue weighted by atomic mass is 19.1. The minimum absolute atomic E-state index is 0.0868. The molecule has 2 aromatic carbocycles. The molecule has 0 saturated carbocycles. The Kier molecular flexibility index (Phi) is 7.48. The molecule has 0 amide bonds. The van der Waals surface area contributed by atoms with Gasteiger partial charge in [-0.15, -0.1) is 0 Å². The van der Waals surface area contributed by atoms with E-state index in [-0.39, 0.29) is 23.6 Å². The van der Waals surface area contributed by atoms with Crippen molar-refractivity contribution in [2.45, 2.75) is 32.7 Å². The highest BCUT2D eigenvalue weighted by Crippen LogP contribution is 2.27. The van der Waals surface area contributed by atoms with Crippen LogP contribution in [0.3, 0.4) is 0 Å². The number of rotatable bonds is 6. The summed E-state index contributed by atoms with van der Waals surface area (Å²) in [5, 5.41) is 4.02. The molecule has 0 unspecified atom stereocenters. The first-order chi connectivity index (χ1) is 17.2. The highest BCUT2D eigenvalue weighted by Gasteiger charge is 2.27. The molecule has 2 heterocycles. The van der Waals surface area contributed by atoms with Gasteiger partial charge in [0.1, 0.15) is 18.0 Å². The molecule has 0 aliphatic carbocycles. The Labute approximate surface area is 212 Å². The van der Waals surface area contributed by atoms with E-state index in [1.54, 1.807) is 19.1 Å². The third-order valence-electron chi connectivity index (χ3n) is 6.67. The summed E-state index contributed by atoms with van der Waals surface area (Å²) >= 11 is 0. The third kappa shape index (κ3) is 5.78. The average molecular weight is 486 g/mol. The lowest BCUT2D eigenvalue weighted by Crippen LogP contribution is -2.53. The Hall–Kier alpha value is -3.60. The van der Waals surface area contributed by atoms with E-state index in [0.717, 1.165) is 48.4 Å². The van der Waals surface area contributed by atoms with Gasteiger partial charge in [-0.25, -0.2) is 14.4 Å². The fourth-order valence-electron chi connectivity index (χ4n) is 4.29. The van der Waals surface area contributed by atoms with Crippen LogP contribution in [0.1, 0.15) is 30.5 Å². The van der Waals surface area contributed by atoms with Crippen molar-refractivity contribution in [1.29, 1.82) is 0 Å². The van der Waals surface area contributed by atoms with Gasteiger partial charge in [-0.05, 0) is 75.4 Å². The van der Waals surface area contributed by atoms with E-state index < -0.39 is 0 Å². The second-order valence-corrected chi connectivity index (χ2v) is 9.78. The number of carbonyl (C=O) groups is 1. The molecule has 1 saturated heterocycles. The first-order valence-corrected chi connectivity index (χ1v) is 12.1. The van der Waals surface area contributed by atoms with Crippen LogP contribution in [0.2, 0.25) is 0 Å². The Balaban J connectivity index is 1.73. The molecule has 1 aliphatic heterocycles. The zero-order chi connectivity index (χ0) is 25.9. The zero-order valence-corrected chi connectivity index (χ0v) is 21.4. The van der Waals surface area contributed by atoms with Crippen molar-refractivity contribution < 1.29 is 9.18 Å². The summed E-state index contributed by atoms with van der Waals surface area (Å²) in [6.07, 6.45) is 3.00. The molecule has 0 bridgehead atoms. The fourth-order valence-corrected chi connectivity index (χ4v) is 4.29. The monoisotopic (exact) mass is 485 g/mol. The minimum atomic E-state index is -0.311. The Morgan fingerprint density at radius 1 is 1.19 bits per heavy atom. The zero-order valence-electron chi connectivity index (χ0n) is 21.4. The Morgan fingerprint density at radius 2 is 1.94 bits per heavy atom. The van der Waals surface area contributed by atoms with Gasteiger partial charge in [-0.3, -0.25) is 9.69 Å². The number of halogens is 1. The predicted octanol–water partition coefficient (Wildman–Crippen LogP) is 4.50. The number of ketones is 1. The van der Waals surface area contributed by atoms with E-state index >= 15 is 0 Å². The van der Waals surface area contributed by atoms with Crippen molar-refractivity contribution in [3.8, 4) is 11.8 Å². The van der Waals surface area contributed by atoms with Crippen LogP contribution < -0.4 is 5.32 Å². The standard InChI is InChI=1S/C29H32FN5O/c1-6-24(36)16-22-17-25-27(31-19-32-28(25)33-23-7-8-26(30)20(2)15-23)18-21(22)9-10-29(3,4)35-13-11-34(5)12-14-35/h6-8,15,17-19H,1,11-14,16H2,2-5H3,(H,31,32,33). The van der Waals surface area contributed by atoms with E-state index in [1.165, 1.54) is 18.5 Å². The first-order valence-electron chi connectivity index (χ1n) is 12.1. The van der Waals surface area contributed by atoms with Crippen LogP contribution in [-0.2, 0) is 11.2 Å². The van der Waals surface area contributed by atoms with E-state index in [2.05, 4.69) is 64.4 Å². The number of likely N-dealkylation sites (N-methyl/N-ethyl adjacent to an activating group) is 1. The predicted molar refractivity (Wildman–Crippen MR) is 143 cm³/mol.